The molecule has 0 aliphatic rings. The number of carbonyl (C=O) groups is 4. The summed E-state index contributed by atoms with van der Waals surface area (Å²) in [4.78, 5) is 57.8. The monoisotopic (exact) mass is 785 g/mol. The van der Waals surface area contributed by atoms with E-state index in [1.165, 1.54) is 32.0 Å². The first-order valence-electron chi connectivity index (χ1n) is 17.9. The molecule has 1 unspecified atom stereocenters. The maximum atomic E-state index is 13.9. The summed E-state index contributed by atoms with van der Waals surface area (Å²) in [6, 6.07) is 17.5. The first kappa shape index (κ1) is 42.7. The lowest BCUT2D eigenvalue weighted by Gasteiger charge is -2.39. The van der Waals surface area contributed by atoms with Crippen LogP contribution in [0.25, 0.3) is 10.8 Å². The number of imide groups is 1. The van der Waals surface area contributed by atoms with Crippen LogP contribution in [0.5, 0.6) is 0 Å². The van der Waals surface area contributed by atoms with Gasteiger partial charge in [-0.2, -0.15) is 5.26 Å². The Labute approximate surface area is 326 Å². The minimum absolute atomic E-state index is 0.0620. The SMILES string of the molecule is CC(C)S(=O)(=O)c1ccc(NC(=O)CCCc2ccc(C(C(=O)O)N(c3ccc4cnccc4c3)N(C(=O)OC(C)(C)C)C(=O)OC(C)(C)C)cc2)cc1C#N. The van der Waals surface area contributed by atoms with E-state index in [1.54, 1.807) is 102 Å². The molecule has 2 N–H and O–H groups in total. The fourth-order valence-electron chi connectivity index (χ4n) is 5.58. The number of aryl methyl sites for hydroxylation is 1. The van der Waals surface area contributed by atoms with Crippen molar-refractivity contribution in [2.24, 2.45) is 0 Å². The average molecular weight is 786 g/mol. The molecule has 4 aromatic rings. The van der Waals surface area contributed by atoms with Crippen molar-refractivity contribution in [1.29, 1.82) is 5.26 Å². The molecule has 15 heteroatoms. The molecule has 1 heterocycles. The number of aliphatic carboxylic acids is 1. The number of ether oxygens (including phenoxy) is 2. The molecule has 0 bridgehead atoms. The molecule has 14 nitrogen and oxygen atoms in total. The van der Waals surface area contributed by atoms with E-state index in [-0.39, 0.29) is 39.7 Å². The Kier molecular flexibility index (Phi) is 13.1. The Morgan fingerprint density at radius 3 is 2.05 bits per heavy atom. The lowest BCUT2D eigenvalue weighted by atomic mass is 10.0. The van der Waals surface area contributed by atoms with E-state index in [1.807, 2.05) is 6.07 Å². The van der Waals surface area contributed by atoms with E-state index in [0.717, 1.165) is 16.0 Å². The van der Waals surface area contributed by atoms with Crippen LogP contribution in [-0.2, 0) is 35.3 Å². The number of sulfone groups is 1. The number of hydrogen-bond acceptors (Lipinski definition) is 11. The lowest BCUT2D eigenvalue weighted by Crippen LogP contribution is -2.56. The van der Waals surface area contributed by atoms with Gasteiger partial charge in [0.05, 0.1) is 21.4 Å². The molecular weight excluding hydrogens is 739 g/mol. The highest BCUT2D eigenvalue weighted by Gasteiger charge is 2.42. The molecule has 0 radical (unpaired) electrons. The van der Waals surface area contributed by atoms with Crippen molar-refractivity contribution in [2.45, 2.75) is 102 Å². The molecule has 0 aliphatic carbocycles. The molecule has 56 heavy (non-hydrogen) atoms. The summed E-state index contributed by atoms with van der Waals surface area (Å²) in [5.74, 6) is -1.72. The van der Waals surface area contributed by atoms with Crippen LogP contribution in [0.4, 0.5) is 21.0 Å². The van der Waals surface area contributed by atoms with Gasteiger partial charge >= 0.3 is 18.2 Å². The molecular formula is C41H47N5O9S. The highest BCUT2D eigenvalue weighted by molar-refractivity contribution is 7.92. The highest BCUT2D eigenvalue weighted by atomic mass is 32.2. The minimum Gasteiger partial charge on any atom is -0.479 e. The molecule has 3 amide bonds. The van der Waals surface area contributed by atoms with Crippen molar-refractivity contribution >= 4 is 56.0 Å². The number of carboxylic acid groups (broad SMARTS) is 1. The van der Waals surface area contributed by atoms with Gasteiger partial charge in [-0.15, -0.1) is 5.01 Å². The number of nitrogens with one attached hydrogen (secondary N) is 1. The molecule has 0 aliphatic heterocycles. The third-order valence-electron chi connectivity index (χ3n) is 8.19. The Balaban J connectivity index is 1.61. The number of hydrazine groups is 1. The second kappa shape index (κ2) is 17.2. The van der Waals surface area contributed by atoms with Gasteiger partial charge < -0.3 is 19.9 Å². The Hall–Kier alpha value is -6.01. The van der Waals surface area contributed by atoms with Gasteiger partial charge in [-0.05, 0) is 121 Å². The average Bonchev–Trinajstić information content (AvgIpc) is 3.09. The number of hydrogen-bond donors (Lipinski definition) is 2. The fourth-order valence-corrected chi connectivity index (χ4v) is 6.76. The maximum absolute atomic E-state index is 13.9. The zero-order valence-electron chi connectivity index (χ0n) is 32.7. The summed E-state index contributed by atoms with van der Waals surface area (Å²) in [5, 5.41) is 25.3. The van der Waals surface area contributed by atoms with Crippen LogP contribution in [-0.4, -0.2) is 64.0 Å². The summed E-state index contributed by atoms with van der Waals surface area (Å²) in [6.07, 6.45) is 1.83. The Bertz CT molecular complexity index is 2230. The van der Waals surface area contributed by atoms with Crippen LogP contribution >= 0.6 is 0 Å². The van der Waals surface area contributed by atoms with E-state index in [9.17, 15) is 38.0 Å². The molecule has 296 valence electrons. The summed E-state index contributed by atoms with van der Waals surface area (Å²) in [6.45, 7) is 12.8. The van der Waals surface area contributed by atoms with E-state index >= 15 is 0 Å². The lowest BCUT2D eigenvalue weighted by molar-refractivity contribution is -0.139. The molecule has 4 rings (SSSR count). The number of benzene rings is 3. The van der Waals surface area contributed by atoms with Crippen LogP contribution in [0.15, 0.2) is 84.0 Å². The zero-order valence-corrected chi connectivity index (χ0v) is 33.5. The van der Waals surface area contributed by atoms with Crippen LogP contribution in [0.3, 0.4) is 0 Å². The molecule has 1 atom stereocenters. The largest absolute Gasteiger partial charge is 0.479 e. The third kappa shape index (κ3) is 10.8. The number of aromatic nitrogens is 1. The van der Waals surface area contributed by atoms with Crippen molar-refractivity contribution in [1.82, 2.24) is 9.99 Å². The molecule has 0 fully saturated rings. The van der Waals surface area contributed by atoms with E-state index in [0.29, 0.717) is 23.2 Å². The van der Waals surface area contributed by atoms with E-state index in [2.05, 4.69) is 10.3 Å². The van der Waals surface area contributed by atoms with Gasteiger partial charge in [0.2, 0.25) is 5.91 Å². The van der Waals surface area contributed by atoms with Gasteiger partial charge in [-0.25, -0.2) is 22.8 Å². The van der Waals surface area contributed by atoms with Crippen LogP contribution < -0.4 is 10.3 Å². The molecule has 0 saturated heterocycles. The van der Waals surface area contributed by atoms with Crippen molar-refractivity contribution in [2.75, 3.05) is 10.3 Å². The molecule has 1 aromatic heterocycles. The fraction of sp³-hybridized carbons (Fsp3) is 0.366. The molecule has 0 saturated carbocycles. The normalized spacial score (nSPS) is 12.4. The van der Waals surface area contributed by atoms with Gasteiger partial charge in [0.25, 0.3) is 0 Å². The van der Waals surface area contributed by atoms with Gasteiger partial charge in [0.1, 0.15) is 17.3 Å². The number of nitrogens with zero attached hydrogens (tertiary/aromatic N) is 4. The highest BCUT2D eigenvalue weighted by Crippen LogP contribution is 2.34. The third-order valence-corrected chi connectivity index (χ3v) is 10.4. The second-order valence-electron chi connectivity index (χ2n) is 15.3. The van der Waals surface area contributed by atoms with Gasteiger partial charge in [-0.3, -0.25) is 14.8 Å². The number of amides is 3. The van der Waals surface area contributed by atoms with Crippen molar-refractivity contribution in [3.8, 4) is 6.07 Å². The summed E-state index contributed by atoms with van der Waals surface area (Å²) < 4.78 is 36.5. The van der Waals surface area contributed by atoms with Crippen molar-refractivity contribution < 1.29 is 42.2 Å². The van der Waals surface area contributed by atoms with E-state index < -0.39 is 50.5 Å². The smallest absolute Gasteiger partial charge is 0.439 e. The van der Waals surface area contributed by atoms with E-state index in [4.69, 9.17) is 9.47 Å². The number of nitriles is 1. The number of fused-ring (bicyclic) bond motifs is 1. The standard InChI is InChI=1S/C41H47N5O9S/c1-26(2)56(52,53)34-19-17-32(22-31(34)24-42)44-35(47)11-9-10-27-12-14-28(15-13-27)36(37(48)49)45(33-18-16-30-25-43-21-20-29(30)23-33)46(38(50)54-40(3,4)5)39(51)55-41(6,7)8/h12-23,25-26,36H,9-11H2,1-8H3,(H,44,47)(H,48,49). The summed E-state index contributed by atoms with van der Waals surface area (Å²) >= 11 is 0. The Morgan fingerprint density at radius 1 is 0.875 bits per heavy atom. The maximum Gasteiger partial charge on any atom is 0.439 e. The number of rotatable bonds is 12. The van der Waals surface area contributed by atoms with Crippen LogP contribution in [0.2, 0.25) is 0 Å². The van der Waals surface area contributed by atoms with Crippen molar-refractivity contribution in [3.05, 3.63) is 95.8 Å². The minimum atomic E-state index is -3.69. The first-order chi connectivity index (χ1) is 26.1. The van der Waals surface area contributed by atoms with Crippen LogP contribution in [0.1, 0.15) is 91.0 Å². The van der Waals surface area contributed by atoms with Gasteiger partial charge in [0.15, 0.2) is 15.9 Å². The predicted molar refractivity (Wildman–Crippen MR) is 210 cm³/mol. The second-order valence-corrected chi connectivity index (χ2v) is 17.8. The van der Waals surface area contributed by atoms with Gasteiger partial charge in [0, 0.05) is 29.9 Å². The van der Waals surface area contributed by atoms with Crippen molar-refractivity contribution in [3.63, 3.8) is 0 Å². The number of carbonyl (C=O) groups excluding carboxylic acids is 3. The quantitative estimate of drug-likeness (QED) is 0.132. The topological polar surface area (TPSA) is 196 Å². The number of carboxylic acids is 1. The van der Waals surface area contributed by atoms with Gasteiger partial charge in [-0.1, -0.05) is 30.3 Å². The zero-order chi connectivity index (χ0) is 41.6. The Morgan fingerprint density at radius 2 is 1.50 bits per heavy atom. The predicted octanol–water partition coefficient (Wildman–Crippen LogP) is 7.97. The summed E-state index contributed by atoms with van der Waals surface area (Å²) in [7, 11) is -3.69. The first-order valence-corrected chi connectivity index (χ1v) is 19.4. The summed E-state index contributed by atoms with van der Waals surface area (Å²) in [5.41, 5.74) is -0.706. The number of anilines is 2. The molecule has 0 spiro atoms. The van der Waals surface area contributed by atoms with Crippen LogP contribution in [0, 0.1) is 11.3 Å². The number of pyridine rings is 1. The molecule has 3 aromatic carbocycles.